The van der Waals surface area contributed by atoms with Crippen molar-refractivity contribution in [3.63, 3.8) is 0 Å². The molecule has 2 aromatic rings. The predicted molar refractivity (Wildman–Crippen MR) is 76.4 cm³/mol. The van der Waals surface area contributed by atoms with Gasteiger partial charge in [-0.15, -0.1) is 0 Å². The molecule has 2 aliphatic rings. The summed E-state index contributed by atoms with van der Waals surface area (Å²) in [6.07, 6.45) is 0. The molecule has 1 amide bonds. The molecule has 2 fully saturated rings. The molecule has 1 N–H and O–H groups in total. The Bertz CT molecular complexity index is 706. The van der Waals surface area contributed by atoms with Crippen LogP contribution in [0.5, 0.6) is 0 Å². The van der Waals surface area contributed by atoms with Crippen LogP contribution in [0.3, 0.4) is 0 Å². The molecule has 7 heteroatoms. The van der Waals surface area contributed by atoms with Gasteiger partial charge < -0.3 is 14.8 Å². The third-order valence-electron chi connectivity index (χ3n) is 4.68. The number of hydrogen-bond donors (Lipinski definition) is 1. The zero-order valence-electron chi connectivity index (χ0n) is 12.1. The van der Waals surface area contributed by atoms with E-state index in [1.165, 1.54) is 0 Å². The molecule has 3 heterocycles. The highest BCUT2D eigenvalue weighted by Gasteiger charge is 2.41. The molecule has 2 aliphatic heterocycles. The van der Waals surface area contributed by atoms with Crippen molar-refractivity contribution in [3.05, 3.63) is 29.6 Å². The highest BCUT2D eigenvalue weighted by Crippen LogP contribution is 2.31. The maximum absolute atomic E-state index is 13.2. The van der Waals surface area contributed by atoms with E-state index in [1.807, 2.05) is 0 Å². The highest BCUT2D eigenvalue weighted by molar-refractivity contribution is 5.94. The number of benzene rings is 1. The summed E-state index contributed by atoms with van der Waals surface area (Å²) in [5, 5.41) is 0. The van der Waals surface area contributed by atoms with Crippen LogP contribution in [0, 0.1) is 23.5 Å². The Balaban J connectivity index is 1.58. The Morgan fingerprint density at radius 2 is 1.82 bits per heavy atom. The number of hydrogen-bond acceptors (Lipinski definition) is 3. The summed E-state index contributed by atoms with van der Waals surface area (Å²) in [4.78, 5) is 23.5. The summed E-state index contributed by atoms with van der Waals surface area (Å²) in [7, 11) is 2.09. The summed E-state index contributed by atoms with van der Waals surface area (Å²) in [5.41, 5.74) is 0.600. The number of nitrogens with one attached hydrogen (secondary N) is 1. The Kier molecular flexibility index (Phi) is 2.94. The number of H-pyrrole nitrogens is 1. The molecule has 116 valence electrons. The fourth-order valence-electron chi connectivity index (χ4n) is 3.65. The molecule has 2 saturated heterocycles. The molecule has 4 rings (SSSR count). The van der Waals surface area contributed by atoms with Gasteiger partial charge in [-0.3, -0.25) is 4.79 Å². The SMILES string of the molecule is CN1CC2CN(C(=O)c3nc4cc(F)c(F)cc4[nH]3)CC2C1. The first-order valence-electron chi connectivity index (χ1n) is 7.34. The van der Waals surface area contributed by atoms with Crippen molar-refractivity contribution in [2.24, 2.45) is 11.8 Å². The van der Waals surface area contributed by atoms with Crippen molar-refractivity contribution in [1.29, 1.82) is 0 Å². The van der Waals surface area contributed by atoms with E-state index in [9.17, 15) is 13.6 Å². The number of carbonyl (C=O) groups excluding carboxylic acids is 1. The number of rotatable bonds is 1. The quantitative estimate of drug-likeness (QED) is 0.868. The number of aromatic amines is 1. The first kappa shape index (κ1) is 13.6. The lowest BCUT2D eigenvalue weighted by Crippen LogP contribution is -2.32. The van der Waals surface area contributed by atoms with Crippen LogP contribution in [-0.4, -0.2) is 58.9 Å². The minimum atomic E-state index is -0.961. The predicted octanol–water partition coefficient (Wildman–Crippen LogP) is 1.47. The van der Waals surface area contributed by atoms with Crippen LogP contribution in [0.4, 0.5) is 8.78 Å². The number of fused-ring (bicyclic) bond motifs is 2. The van der Waals surface area contributed by atoms with Crippen molar-refractivity contribution < 1.29 is 13.6 Å². The molecule has 5 nitrogen and oxygen atoms in total. The zero-order chi connectivity index (χ0) is 15.4. The fraction of sp³-hybridized carbons (Fsp3) is 0.467. The van der Waals surface area contributed by atoms with Crippen LogP contribution >= 0.6 is 0 Å². The Morgan fingerprint density at radius 3 is 2.50 bits per heavy atom. The maximum atomic E-state index is 13.2. The lowest BCUT2D eigenvalue weighted by Gasteiger charge is -2.18. The largest absolute Gasteiger partial charge is 0.335 e. The minimum Gasteiger partial charge on any atom is -0.335 e. The lowest BCUT2D eigenvalue weighted by molar-refractivity contribution is 0.0765. The summed E-state index contributed by atoms with van der Waals surface area (Å²) in [6.45, 7) is 3.44. The summed E-state index contributed by atoms with van der Waals surface area (Å²) >= 11 is 0. The molecule has 0 radical (unpaired) electrons. The van der Waals surface area contributed by atoms with Crippen molar-refractivity contribution in [1.82, 2.24) is 19.8 Å². The van der Waals surface area contributed by atoms with Crippen LogP contribution in [0.2, 0.25) is 0 Å². The summed E-state index contributed by atoms with van der Waals surface area (Å²) in [6, 6.07) is 2.04. The van der Waals surface area contributed by atoms with Crippen molar-refractivity contribution in [3.8, 4) is 0 Å². The van der Waals surface area contributed by atoms with Crippen LogP contribution in [0.25, 0.3) is 11.0 Å². The maximum Gasteiger partial charge on any atom is 0.289 e. The van der Waals surface area contributed by atoms with Crippen molar-refractivity contribution in [2.45, 2.75) is 0 Å². The van der Waals surface area contributed by atoms with Gasteiger partial charge in [0.05, 0.1) is 11.0 Å². The van der Waals surface area contributed by atoms with Gasteiger partial charge in [0, 0.05) is 38.3 Å². The zero-order valence-corrected chi connectivity index (χ0v) is 12.1. The number of amides is 1. The second kappa shape index (κ2) is 4.74. The lowest BCUT2D eigenvalue weighted by atomic mass is 10.0. The summed E-state index contributed by atoms with van der Waals surface area (Å²) < 4.78 is 26.5. The molecule has 1 aromatic heterocycles. The van der Waals surface area contributed by atoms with Crippen LogP contribution in [0.15, 0.2) is 12.1 Å². The minimum absolute atomic E-state index is 0.147. The van der Waals surface area contributed by atoms with Gasteiger partial charge in [-0.2, -0.15) is 0 Å². The first-order valence-corrected chi connectivity index (χ1v) is 7.34. The second-order valence-electron chi connectivity index (χ2n) is 6.32. The topological polar surface area (TPSA) is 52.2 Å². The molecule has 1 aromatic carbocycles. The molecule has 0 saturated carbocycles. The monoisotopic (exact) mass is 306 g/mol. The van der Waals surface area contributed by atoms with Gasteiger partial charge >= 0.3 is 0 Å². The smallest absolute Gasteiger partial charge is 0.289 e. The third-order valence-corrected chi connectivity index (χ3v) is 4.68. The van der Waals surface area contributed by atoms with Gasteiger partial charge in [0.1, 0.15) is 0 Å². The molecule has 2 unspecified atom stereocenters. The number of aromatic nitrogens is 2. The van der Waals surface area contributed by atoms with Crippen LogP contribution in [0.1, 0.15) is 10.6 Å². The Hall–Kier alpha value is -2.02. The van der Waals surface area contributed by atoms with Gasteiger partial charge in [-0.1, -0.05) is 0 Å². The number of likely N-dealkylation sites (tertiary alicyclic amines) is 2. The van der Waals surface area contributed by atoms with Gasteiger partial charge in [0.25, 0.3) is 5.91 Å². The van der Waals surface area contributed by atoms with Gasteiger partial charge in [0.2, 0.25) is 0 Å². The Morgan fingerprint density at radius 1 is 1.18 bits per heavy atom. The standard InChI is InChI=1S/C15H16F2N4O/c1-20-4-8-6-21(7-9(8)5-20)15(22)14-18-12-2-10(16)11(17)3-13(12)19-14/h2-3,8-9H,4-7H2,1H3,(H,18,19). The van der Waals surface area contributed by atoms with E-state index in [0.29, 0.717) is 30.4 Å². The molecule has 0 bridgehead atoms. The van der Waals surface area contributed by atoms with Gasteiger partial charge in [-0.25, -0.2) is 13.8 Å². The number of nitrogens with zero attached hydrogens (tertiary/aromatic N) is 3. The normalized spacial score (nSPS) is 25.1. The Labute approximate surface area is 125 Å². The van der Waals surface area contributed by atoms with Crippen molar-refractivity contribution >= 4 is 16.9 Å². The second-order valence-corrected chi connectivity index (χ2v) is 6.32. The molecule has 0 spiro atoms. The van der Waals surface area contributed by atoms with E-state index in [0.717, 1.165) is 25.2 Å². The number of imidazole rings is 1. The van der Waals surface area contributed by atoms with Crippen molar-refractivity contribution in [2.75, 3.05) is 33.2 Å². The third kappa shape index (κ3) is 2.08. The van der Waals surface area contributed by atoms with Crippen LogP contribution < -0.4 is 0 Å². The molecular weight excluding hydrogens is 290 g/mol. The van der Waals surface area contributed by atoms with E-state index in [1.54, 1.807) is 4.90 Å². The van der Waals surface area contributed by atoms with E-state index >= 15 is 0 Å². The first-order chi connectivity index (χ1) is 10.5. The highest BCUT2D eigenvalue weighted by atomic mass is 19.2. The number of carbonyl (C=O) groups is 1. The number of halogens is 2. The van der Waals surface area contributed by atoms with Crippen LogP contribution in [-0.2, 0) is 0 Å². The van der Waals surface area contributed by atoms with E-state index in [4.69, 9.17) is 0 Å². The molecule has 2 atom stereocenters. The molecule has 0 aliphatic carbocycles. The average molecular weight is 306 g/mol. The van der Waals surface area contributed by atoms with Gasteiger partial charge in [-0.05, 0) is 18.9 Å². The fourth-order valence-corrected chi connectivity index (χ4v) is 3.65. The average Bonchev–Trinajstić information content (AvgIpc) is 3.10. The molecular formula is C15H16F2N4O. The van der Waals surface area contributed by atoms with E-state index < -0.39 is 11.6 Å². The van der Waals surface area contributed by atoms with Gasteiger partial charge in [0.15, 0.2) is 17.5 Å². The molecule has 22 heavy (non-hydrogen) atoms. The van der Waals surface area contributed by atoms with E-state index in [-0.39, 0.29) is 17.2 Å². The van der Waals surface area contributed by atoms with E-state index in [2.05, 4.69) is 21.9 Å². The summed E-state index contributed by atoms with van der Waals surface area (Å²) in [5.74, 6) is -0.950.